The van der Waals surface area contributed by atoms with Gasteiger partial charge >= 0.3 is 7.48 Å². The summed E-state index contributed by atoms with van der Waals surface area (Å²) in [6.07, 6.45) is 3.54. The predicted octanol–water partition coefficient (Wildman–Crippen LogP) is -0.0995. The van der Waals surface area contributed by atoms with E-state index in [2.05, 4.69) is 17.2 Å². The maximum absolute atomic E-state index is 8.86. The van der Waals surface area contributed by atoms with Crippen molar-refractivity contribution in [2.24, 2.45) is 0 Å². The molecule has 0 radical (unpaired) electrons. The maximum atomic E-state index is 8.86. The Morgan fingerprint density at radius 1 is 1.29 bits per heavy atom. The second-order valence-electron chi connectivity index (χ2n) is 3.19. The summed E-state index contributed by atoms with van der Waals surface area (Å²) in [5.41, 5.74) is 2.06. The Balaban J connectivity index is 2.11. The van der Waals surface area contributed by atoms with Crippen molar-refractivity contribution < 1.29 is 5.02 Å². The molecule has 0 atom stereocenters. The molecule has 0 unspecified atom stereocenters. The zero-order valence-corrected chi connectivity index (χ0v) is 7.80. The summed E-state index contributed by atoms with van der Waals surface area (Å²) in [7, 11) is 0.0504. The third kappa shape index (κ3) is 2.03. The van der Waals surface area contributed by atoms with Crippen LogP contribution in [-0.4, -0.2) is 22.3 Å². The third-order valence-electron chi connectivity index (χ3n) is 2.06. The van der Waals surface area contributed by atoms with Gasteiger partial charge in [-0.1, -0.05) is 30.3 Å². The highest BCUT2D eigenvalue weighted by Gasteiger charge is 1.98. The molecule has 0 amide bonds. The van der Waals surface area contributed by atoms with Crippen molar-refractivity contribution in [1.82, 2.24) is 9.78 Å². The van der Waals surface area contributed by atoms with E-state index >= 15 is 0 Å². The molecule has 2 rings (SSSR count). The van der Waals surface area contributed by atoms with E-state index in [0.29, 0.717) is 0 Å². The van der Waals surface area contributed by atoms with Crippen LogP contribution in [0.1, 0.15) is 5.56 Å². The Morgan fingerprint density at radius 3 is 2.71 bits per heavy atom. The van der Waals surface area contributed by atoms with Gasteiger partial charge in [0.05, 0.1) is 6.54 Å². The lowest BCUT2D eigenvalue weighted by atomic mass is 9.93. The number of hydrogen-bond acceptors (Lipinski definition) is 2. The van der Waals surface area contributed by atoms with E-state index < -0.39 is 0 Å². The predicted molar refractivity (Wildman–Crippen MR) is 56.8 cm³/mol. The van der Waals surface area contributed by atoms with Crippen LogP contribution in [-0.2, 0) is 6.54 Å². The maximum Gasteiger partial charge on any atom is 0.307 e. The van der Waals surface area contributed by atoms with Crippen LogP contribution in [0.2, 0.25) is 0 Å². The smallest absolute Gasteiger partial charge is 0.307 e. The van der Waals surface area contributed by atoms with Crippen LogP contribution >= 0.6 is 0 Å². The van der Waals surface area contributed by atoms with Gasteiger partial charge in [-0.15, -0.1) is 0 Å². The topological polar surface area (TPSA) is 38.1 Å². The van der Waals surface area contributed by atoms with E-state index in [1.807, 2.05) is 29.1 Å². The van der Waals surface area contributed by atoms with Crippen molar-refractivity contribution in [3.63, 3.8) is 0 Å². The van der Waals surface area contributed by atoms with Crippen LogP contribution in [0.3, 0.4) is 0 Å². The summed E-state index contributed by atoms with van der Waals surface area (Å²) >= 11 is 0. The average molecular weight is 186 g/mol. The minimum Gasteiger partial charge on any atom is -0.449 e. The summed E-state index contributed by atoms with van der Waals surface area (Å²) < 4.78 is 1.82. The molecule has 0 saturated heterocycles. The highest BCUT2D eigenvalue weighted by atomic mass is 16.2. The van der Waals surface area contributed by atoms with E-state index in [1.165, 1.54) is 5.56 Å². The quantitative estimate of drug-likeness (QED) is 0.679. The van der Waals surface area contributed by atoms with Crippen molar-refractivity contribution in [3.8, 4) is 0 Å². The minimum atomic E-state index is 0.0504. The Morgan fingerprint density at radius 2 is 2.07 bits per heavy atom. The van der Waals surface area contributed by atoms with E-state index in [9.17, 15) is 0 Å². The fraction of sp³-hybridized carbons (Fsp3) is 0.100. The summed E-state index contributed by atoms with van der Waals surface area (Å²) in [5, 5.41) is 13.0. The molecule has 70 valence electrons. The number of nitrogens with zero attached hydrogens (tertiary/aromatic N) is 2. The first-order valence-electron chi connectivity index (χ1n) is 4.54. The first kappa shape index (κ1) is 9.03. The fourth-order valence-electron chi connectivity index (χ4n) is 1.34. The third-order valence-corrected chi connectivity index (χ3v) is 2.06. The van der Waals surface area contributed by atoms with Crippen LogP contribution in [0, 0.1) is 0 Å². The van der Waals surface area contributed by atoms with E-state index in [1.54, 1.807) is 6.20 Å². The zero-order chi connectivity index (χ0) is 9.80. The zero-order valence-electron chi connectivity index (χ0n) is 7.80. The number of rotatable bonds is 3. The van der Waals surface area contributed by atoms with Crippen LogP contribution in [0.5, 0.6) is 0 Å². The van der Waals surface area contributed by atoms with Gasteiger partial charge in [0.1, 0.15) is 0 Å². The van der Waals surface area contributed by atoms with Gasteiger partial charge in [-0.25, -0.2) is 0 Å². The van der Waals surface area contributed by atoms with Crippen LogP contribution in [0.25, 0.3) is 0 Å². The lowest BCUT2D eigenvalue weighted by Crippen LogP contribution is -2.10. The van der Waals surface area contributed by atoms with Crippen molar-refractivity contribution in [2.75, 3.05) is 0 Å². The molecular formula is C10H11BN2O. The molecule has 0 aliphatic carbocycles. The molecule has 1 aromatic heterocycles. The van der Waals surface area contributed by atoms with Gasteiger partial charge in [-0.3, -0.25) is 4.68 Å². The molecule has 3 nitrogen and oxygen atoms in total. The lowest BCUT2D eigenvalue weighted by molar-refractivity contribution is 0.615. The molecule has 1 aromatic carbocycles. The van der Waals surface area contributed by atoms with Crippen molar-refractivity contribution in [3.05, 3.63) is 48.3 Å². The van der Waals surface area contributed by atoms with Crippen LogP contribution in [0.15, 0.2) is 42.7 Å². The van der Waals surface area contributed by atoms with Gasteiger partial charge in [-0.05, 0) is 11.0 Å². The van der Waals surface area contributed by atoms with Gasteiger partial charge in [-0.2, -0.15) is 5.10 Å². The highest BCUT2D eigenvalue weighted by molar-refractivity contribution is 6.45. The largest absolute Gasteiger partial charge is 0.449 e. The Bertz CT molecular complexity index is 400. The van der Waals surface area contributed by atoms with E-state index in [0.717, 1.165) is 12.0 Å². The summed E-state index contributed by atoms with van der Waals surface area (Å²) in [5.74, 6) is 0. The second-order valence-corrected chi connectivity index (χ2v) is 3.19. The average Bonchev–Trinajstić information content (AvgIpc) is 2.67. The van der Waals surface area contributed by atoms with Crippen molar-refractivity contribution in [2.45, 2.75) is 6.54 Å². The number of benzene rings is 1. The molecule has 2 aromatic rings. The van der Waals surface area contributed by atoms with Crippen LogP contribution < -0.4 is 5.46 Å². The highest BCUT2D eigenvalue weighted by Crippen LogP contribution is 1.99. The van der Waals surface area contributed by atoms with Gasteiger partial charge in [0.15, 0.2) is 0 Å². The van der Waals surface area contributed by atoms with Crippen LogP contribution in [0.4, 0.5) is 0 Å². The standard InChI is InChI=1S/C10H11BN2O/c14-11-10-6-12-13(8-10)7-9-4-2-1-3-5-9/h1-6,8,11,14H,7H2. The lowest BCUT2D eigenvalue weighted by Gasteiger charge is -2.00. The molecule has 0 saturated carbocycles. The number of hydrogen-bond donors (Lipinski definition) is 1. The molecule has 0 aliphatic heterocycles. The normalized spacial score (nSPS) is 10.1. The van der Waals surface area contributed by atoms with E-state index in [4.69, 9.17) is 5.02 Å². The van der Waals surface area contributed by atoms with Crippen molar-refractivity contribution in [1.29, 1.82) is 0 Å². The fourth-order valence-corrected chi connectivity index (χ4v) is 1.34. The monoisotopic (exact) mass is 186 g/mol. The Labute approximate surface area is 83.3 Å². The molecule has 0 spiro atoms. The van der Waals surface area contributed by atoms with Crippen molar-refractivity contribution >= 4 is 12.9 Å². The SMILES string of the molecule is OBc1cnn(Cc2ccccc2)c1. The molecule has 0 bridgehead atoms. The summed E-state index contributed by atoms with van der Waals surface area (Å²) in [6, 6.07) is 10.1. The molecule has 1 N–H and O–H groups in total. The molecule has 4 heteroatoms. The molecule has 0 fully saturated rings. The Kier molecular flexibility index (Phi) is 2.65. The second kappa shape index (κ2) is 4.11. The first-order valence-corrected chi connectivity index (χ1v) is 4.54. The Hall–Kier alpha value is -1.55. The van der Waals surface area contributed by atoms with E-state index in [-0.39, 0.29) is 7.48 Å². The first-order chi connectivity index (χ1) is 6.88. The van der Waals surface area contributed by atoms with Gasteiger partial charge in [0, 0.05) is 12.4 Å². The molecule has 0 aliphatic rings. The summed E-state index contributed by atoms with van der Waals surface area (Å²) in [4.78, 5) is 0. The summed E-state index contributed by atoms with van der Waals surface area (Å²) in [6.45, 7) is 0.751. The molecule has 14 heavy (non-hydrogen) atoms. The van der Waals surface area contributed by atoms with Gasteiger partial charge in [0.2, 0.25) is 0 Å². The minimum absolute atomic E-state index is 0.0504. The van der Waals surface area contributed by atoms with Gasteiger partial charge < -0.3 is 5.02 Å². The number of aromatic nitrogens is 2. The molecular weight excluding hydrogens is 175 g/mol. The molecule has 1 heterocycles. The van der Waals surface area contributed by atoms with Gasteiger partial charge in [0.25, 0.3) is 0 Å².